The number of nitrogen functional groups attached to an aromatic ring is 1. The van der Waals surface area contributed by atoms with Crippen molar-refractivity contribution in [2.75, 3.05) is 11.5 Å². The lowest BCUT2D eigenvalue weighted by atomic mass is 10.1. The summed E-state index contributed by atoms with van der Waals surface area (Å²) in [5.41, 5.74) is 6.57. The number of hydrogen-bond donors (Lipinski definition) is 1. The fourth-order valence-electron chi connectivity index (χ4n) is 2.13. The van der Waals surface area contributed by atoms with Gasteiger partial charge in [-0.15, -0.1) is 0 Å². The molecule has 0 aliphatic heterocycles. The molecule has 1 aromatic heterocycles. The van der Waals surface area contributed by atoms with Gasteiger partial charge in [0, 0.05) is 23.4 Å². The van der Waals surface area contributed by atoms with E-state index in [1.165, 1.54) is 25.7 Å². The fraction of sp³-hybridized carbons (Fsp3) is 0.538. The maximum absolute atomic E-state index is 11.8. The summed E-state index contributed by atoms with van der Waals surface area (Å²) < 4.78 is 0. The van der Waals surface area contributed by atoms with Gasteiger partial charge in [-0.3, -0.25) is 4.79 Å². The lowest BCUT2D eigenvalue weighted by Crippen LogP contribution is -2.10. The van der Waals surface area contributed by atoms with Gasteiger partial charge in [-0.25, -0.2) is 4.98 Å². The molecule has 0 amide bonds. The van der Waals surface area contributed by atoms with Crippen molar-refractivity contribution < 1.29 is 4.79 Å². The predicted molar refractivity (Wildman–Crippen MR) is 72.1 cm³/mol. The molecule has 1 fully saturated rings. The Hall–Kier alpha value is -1.03. The van der Waals surface area contributed by atoms with Crippen LogP contribution >= 0.6 is 11.8 Å². The summed E-state index contributed by atoms with van der Waals surface area (Å²) in [4.78, 5) is 15.8. The van der Waals surface area contributed by atoms with Crippen LogP contribution in [0.25, 0.3) is 0 Å². The van der Waals surface area contributed by atoms with Gasteiger partial charge in [-0.1, -0.05) is 18.9 Å². The summed E-state index contributed by atoms with van der Waals surface area (Å²) in [5.74, 6) is 1.34. The van der Waals surface area contributed by atoms with Crippen molar-refractivity contribution >= 4 is 23.4 Å². The molecular weight excluding hydrogens is 232 g/mol. The largest absolute Gasteiger partial charge is 0.383 e. The van der Waals surface area contributed by atoms with Crippen LogP contribution in [0.1, 0.15) is 31.2 Å². The van der Waals surface area contributed by atoms with Crippen LogP contribution in [0.5, 0.6) is 0 Å². The van der Waals surface area contributed by atoms with E-state index >= 15 is 0 Å². The zero-order valence-corrected chi connectivity index (χ0v) is 10.7. The molecule has 1 saturated carbocycles. The van der Waals surface area contributed by atoms with Gasteiger partial charge in [0.25, 0.3) is 0 Å². The number of Topliss-reactive ketones (excluding diaryl/α,β-unsaturated/α-hetero) is 1. The molecule has 0 radical (unpaired) electrons. The van der Waals surface area contributed by atoms with Gasteiger partial charge in [0.05, 0.1) is 5.75 Å². The Balaban J connectivity index is 1.79. The highest BCUT2D eigenvalue weighted by molar-refractivity contribution is 8.00. The van der Waals surface area contributed by atoms with Crippen LogP contribution in [0.2, 0.25) is 0 Å². The van der Waals surface area contributed by atoms with E-state index in [4.69, 9.17) is 5.73 Å². The number of aromatic nitrogens is 1. The Morgan fingerprint density at radius 3 is 2.94 bits per heavy atom. The smallest absolute Gasteiger partial charge is 0.147 e. The van der Waals surface area contributed by atoms with Crippen molar-refractivity contribution in [1.82, 2.24) is 4.98 Å². The standard InChI is InChI=1S/C13H18N2OS/c14-13-10(4-3-7-15-13)8-11(16)9-17-12-5-1-2-6-12/h3-4,7,12H,1-2,5-6,8-9H2,(H2,14,15). The first-order valence-electron chi connectivity index (χ1n) is 6.08. The van der Waals surface area contributed by atoms with Crippen LogP contribution in [-0.2, 0) is 11.2 Å². The average molecular weight is 250 g/mol. The number of rotatable bonds is 5. The highest BCUT2D eigenvalue weighted by atomic mass is 32.2. The summed E-state index contributed by atoms with van der Waals surface area (Å²) in [5, 5.41) is 0.699. The third-order valence-corrected chi connectivity index (χ3v) is 4.53. The van der Waals surface area contributed by atoms with E-state index in [1.807, 2.05) is 12.1 Å². The molecule has 0 unspecified atom stereocenters. The van der Waals surface area contributed by atoms with Crippen molar-refractivity contribution in [2.45, 2.75) is 37.4 Å². The SMILES string of the molecule is Nc1ncccc1CC(=O)CSC1CCCC1. The van der Waals surface area contributed by atoms with E-state index < -0.39 is 0 Å². The van der Waals surface area contributed by atoms with E-state index in [1.54, 1.807) is 18.0 Å². The van der Waals surface area contributed by atoms with Gasteiger partial charge >= 0.3 is 0 Å². The third-order valence-electron chi connectivity index (χ3n) is 3.10. The van der Waals surface area contributed by atoms with E-state index in [0.29, 0.717) is 23.2 Å². The minimum atomic E-state index is 0.251. The third kappa shape index (κ3) is 3.73. The Labute approximate surface area is 106 Å². The normalized spacial score (nSPS) is 16.2. The van der Waals surface area contributed by atoms with Crippen LogP contribution < -0.4 is 5.73 Å². The lowest BCUT2D eigenvalue weighted by Gasteiger charge is -2.08. The summed E-state index contributed by atoms with van der Waals surface area (Å²) in [6.45, 7) is 0. The van der Waals surface area contributed by atoms with E-state index in [-0.39, 0.29) is 5.78 Å². The Kier molecular flexibility index (Phi) is 4.42. The lowest BCUT2D eigenvalue weighted by molar-refractivity contribution is -0.116. The van der Waals surface area contributed by atoms with Crippen LogP contribution in [0, 0.1) is 0 Å². The van der Waals surface area contributed by atoms with Crippen LogP contribution in [0.15, 0.2) is 18.3 Å². The highest BCUT2D eigenvalue weighted by Crippen LogP contribution is 2.29. The molecule has 1 aliphatic rings. The summed E-state index contributed by atoms with van der Waals surface area (Å²) >= 11 is 1.81. The van der Waals surface area contributed by atoms with Crippen molar-refractivity contribution in [3.05, 3.63) is 23.9 Å². The van der Waals surface area contributed by atoms with E-state index in [9.17, 15) is 4.79 Å². The Morgan fingerprint density at radius 2 is 2.24 bits per heavy atom. The average Bonchev–Trinajstić information content (AvgIpc) is 2.82. The minimum Gasteiger partial charge on any atom is -0.383 e. The number of anilines is 1. The van der Waals surface area contributed by atoms with Crippen molar-refractivity contribution in [2.24, 2.45) is 0 Å². The van der Waals surface area contributed by atoms with E-state index in [0.717, 1.165) is 5.56 Å². The minimum absolute atomic E-state index is 0.251. The van der Waals surface area contributed by atoms with Crippen LogP contribution in [-0.4, -0.2) is 21.8 Å². The second-order valence-corrected chi connectivity index (χ2v) is 5.77. The molecule has 4 heteroatoms. The maximum atomic E-state index is 11.8. The number of nitrogens with zero attached hydrogens (tertiary/aromatic N) is 1. The zero-order chi connectivity index (χ0) is 12.1. The molecule has 0 bridgehead atoms. The quantitative estimate of drug-likeness (QED) is 0.872. The highest BCUT2D eigenvalue weighted by Gasteiger charge is 2.17. The molecule has 0 aromatic carbocycles. The molecule has 2 rings (SSSR count). The van der Waals surface area contributed by atoms with Gasteiger partial charge in [0.2, 0.25) is 0 Å². The molecule has 1 aliphatic carbocycles. The molecule has 1 heterocycles. The first-order valence-corrected chi connectivity index (χ1v) is 7.13. The number of hydrogen-bond acceptors (Lipinski definition) is 4. The number of nitrogens with two attached hydrogens (primary N) is 1. The van der Waals surface area contributed by atoms with Gasteiger partial charge < -0.3 is 5.73 Å². The predicted octanol–water partition coefficient (Wildman–Crippen LogP) is 2.45. The Bertz CT molecular complexity index is 389. The zero-order valence-electron chi connectivity index (χ0n) is 9.89. The molecule has 1 aromatic rings. The number of thioether (sulfide) groups is 1. The first-order chi connectivity index (χ1) is 8.25. The van der Waals surface area contributed by atoms with Gasteiger partial charge in [0.1, 0.15) is 11.6 Å². The fourth-order valence-corrected chi connectivity index (χ4v) is 3.32. The summed E-state index contributed by atoms with van der Waals surface area (Å²) in [6, 6.07) is 3.70. The van der Waals surface area contributed by atoms with Crippen LogP contribution in [0.3, 0.4) is 0 Å². The summed E-state index contributed by atoms with van der Waals surface area (Å²) in [6.07, 6.45) is 7.25. The number of carbonyl (C=O) groups excluding carboxylic acids is 1. The van der Waals surface area contributed by atoms with Crippen LogP contribution in [0.4, 0.5) is 5.82 Å². The van der Waals surface area contributed by atoms with Crippen molar-refractivity contribution in [1.29, 1.82) is 0 Å². The second-order valence-electron chi connectivity index (χ2n) is 4.48. The molecule has 92 valence electrons. The monoisotopic (exact) mass is 250 g/mol. The number of pyridine rings is 1. The maximum Gasteiger partial charge on any atom is 0.147 e. The Morgan fingerprint density at radius 1 is 1.47 bits per heavy atom. The second kappa shape index (κ2) is 6.05. The molecule has 3 nitrogen and oxygen atoms in total. The molecule has 0 atom stereocenters. The number of carbonyl (C=O) groups is 1. The molecule has 2 N–H and O–H groups in total. The molecule has 17 heavy (non-hydrogen) atoms. The van der Waals surface area contributed by atoms with Crippen molar-refractivity contribution in [3.8, 4) is 0 Å². The molecule has 0 spiro atoms. The summed E-state index contributed by atoms with van der Waals surface area (Å²) in [7, 11) is 0. The van der Waals surface area contributed by atoms with Gasteiger partial charge in [-0.2, -0.15) is 11.8 Å². The topological polar surface area (TPSA) is 56.0 Å². The van der Waals surface area contributed by atoms with Gasteiger partial charge in [0.15, 0.2) is 0 Å². The molecular formula is C13H18N2OS. The van der Waals surface area contributed by atoms with Crippen molar-refractivity contribution in [3.63, 3.8) is 0 Å². The first kappa shape index (κ1) is 12.4. The van der Waals surface area contributed by atoms with E-state index in [2.05, 4.69) is 4.98 Å². The number of ketones is 1. The molecule has 0 saturated heterocycles. The van der Waals surface area contributed by atoms with Gasteiger partial charge in [-0.05, 0) is 18.9 Å².